The van der Waals surface area contributed by atoms with Gasteiger partial charge in [0.25, 0.3) is 5.91 Å². The number of carbonyl (C=O) groups is 1. The van der Waals surface area contributed by atoms with Gasteiger partial charge in [-0.3, -0.25) is 14.9 Å². The van der Waals surface area contributed by atoms with Crippen molar-refractivity contribution < 1.29 is 18.0 Å². The second-order valence-corrected chi connectivity index (χ2v) is 8.42. The molecule has 10 heteroatoms. The number of benzene rings is 1. The number of hydrogen-bond donors (Lipinski definition) is 2. The van der Waals surface area contributed by atoms with E-state index in [1.54, 1.807) is 12.3 Å². The van der Waals surface area contributed by atoms with Crippen molar-refractivity contribution in [2.75, 3.05) is 23.3 Å². The molecule has 1 amide bonds. The van der Waals surface area contributed by atoms with E-state index in [2.05, 4.69) is 30.4 Å². The summed E-state index contributed by atoms with van der Waals surface area (Å²) < 4.78 is 38.8. The number of alkyl halides is 3. The third kappa shape index (κ3) is 4.30. The molecule has 2 N–H and O–H groups in total. The second-order valence-electron chi connectivity index (χ2n) is 8.42. The van der Waals surface area contributed by atoms with E-state index in [9.17, 15) is 18.0 Å². The summed E-state index contributed by atoms with van der Waals surface area (Å²) in [7, 11) is 0. The van der Waals surface area contributed by atoms with Crippen molar-refractivity contribution in [3.63, 3.8) is 0 Å². The van der Waals surface area contributed by atoms with E-state index in [-0.39, 0.29) is 11.6 Å². The van der Waals surface area contributed by atoms with E-state index >= 15 is 0 Å². The highest BCUT2D eigenvalue weighted by molar-refractivity contribution is 6.04. The molecule has 34 heavy (non-hydrogen) atoms. The van der Waals surface area contributed by atoms with Crippen molar-refractivity contribution in [3.8, 4) is 0 Å². The Morgan fingerprint density at radius 1 is 1.15 bits per heavy atom. The van der Waals surface area contributed by atoms with Gasteiger partial charge in [-0.25, -0.2) is 4.98 Å². The normalized spacial score (nSPS) is 16.2. The highest BCUT2D eigenvalue weighted by atomic mass is 19.4. The number of anilines is 2. The summed E-state index contributed by atoms with van der Waals surface area (Å²) in [5, 5.41) is 10.3. The maximum Gasteiger partial charge on any atom is 0.417 e. The number of H-pyrrole nitrogens is 1. The molecule has 4 heterocycles. The molecule has 7 nitrogen and oxygen atoms in total. The van der Waals surface area contributed by atoms with Crippen LogP contribution in [0.5, 0.6) is 0 Å². The zero-order chi connectivity index (χ0) is 23.9. The summed E-state index contributed by atoms with van der Waals surface area (Å²) in [6.45, 7) is 3.62. The number of nitrogens with zero attached hydrogens (tertiary/aromatic N) is 4. The molecule has 0 bridgehead atoms. The van der Waals surface area contributed by atoms with Gasteiger partial charge in [0.1, 0.15) is 0 Å². The van der Waals surface area contributed by atoms with E-state index in [1.165, 1.54) is 6.20 Å². The van der Waals surface area contributed by atoms with Gasteiger partial charge >= 0.3 is 6.18 Å². The van der Waals surface area contributed by atoms with Gasteiger partial charge in [-0.15, -0.1) is 0 Å². The monoisotopic (exact) mass is 466 g/mol. The molecule has 1 aliphatic heterocycles. The van der Waals surface area contributed by atoms with Gasteiger partial charge in [0.2, 0.25) is 0 Å². The Kier molecular flexibility index (Phi) is 5.43. The first-order valence-corrected chi connectivity index (χ1v) is 10.8. The van der Waals surface area contributed by atoms with Crippen LogP contribution in [0.25, 0.3) is 11.0 Å². The Morgan fingerprint density at radius 3 is 2.82 bits per heavy atom. The molecule has 4 aromatic rings. The van der Waals surface area contributed by atoms with E-state index in [1.807, 2.05) is 31.3 Å². The van der Waals surface area contributed by atoms with Crippen molar-refractivity contribution in [1.82, 2.24) is 20.2 Å². The Morgan fingerprint density at radius 2 is 2.00 bits per heavy atom. The quantitative estimate of drug-likeness (QED) is 0.446. The first kappa shape index (κ1) is 21.9. The smallest absolute Gasteiger partial charge is 0.370 e. The fourth-order valence-electron chi connectivity index (χ4n) is 4.33. The summed E-state index contributed by atoms with van der Waals surface area (Å²) in [4.78, 5) is 23.1. The van der Waals surface area contributed by atoms with Crippen LogP contribution in [0.15, 0.2) is 55.1 Å². The fourth-order valence-corrected chi connectivity index (χ4v) is 4.33. The van der Waals surface area contributed by atoms with Crippen molar-refractivity contribution in [2.24, 2.45) is 0 Å². The van der Waals surface area contributed by atoms with Gasteiger partial charge in [-0.1, -0.05) is 6.07 Å². The zero-order valence-electron chi connectivity index (χ0n) is 18.2. The van der Waals surface area contributed by atoms with Crippen molar-refractivity contribution in [3.05, 3.63) is 77.4 Å². The molecular formula is C24H21F3N6O. The summed E-state index contributed by atoms with van der Waals surface area (Å²) in [5.74, 6) is -0.269. The Labute approximate surface area is 193 Å². The maximum absolute atomic E-state index is 12.9. The van der Waals surface area contributed by atoms with Crippen LogP contribution in [-0.4, -0.2) is 39.2 Å². The number of pyridine rings is 2. The van der Waals surface area contributed by atoms with Crippen LogP contribution in [0.1, 0.15) is 39.4 Å². The molecule has 1 fully saturated rings. The molecule has 0 saturated carbocycles. The van der Waals surface area contributed by atoms with Gasteiger partial charge in [-0.05, 0) is 48.7 Å². The number of nitrogens with one attached hydrogen (secondary N) is 2. The molecule has 0 unspecified atom stereocenters. The predicted molar refractivity (Wildman–Crippen MR) is 122 cm³/mol. The molecule has 1 saturated heterocycles. The summed E-state index contributed by atoms with van der Waals surface area (Å²) >= 11 is 0. The maximum atomic E-state index is 12.9. The molecule has 0 aliphatic carbocycles. The minimum absolute atomic E-state index is 0.00358. The van der Waals surface area contributed by atoms with Gasteiger partial charge in [0, 0.05) is 36.2 Å². The number of fused-ring (bicyclic) bond motifs is 1. The van der Waals surface area contributed by atoms with Crippen LogP contribution in [-0.2, 0) is 6.18 Å². The van der Waals surface area contributed by atoms with Crippen LogP contribution >= 0.6 is 0 Å². The van der Waals surface area contributed by atoms with Gasteiger partial charge in [0.15, 0.2) is 5.65 Å². The largest absolute Gasteiger partial charge is 0.417 e. The van der Waals surface area contributed by atoms with Crippen LogP contribution in [0, 0.1) is 6.92 Å². The van der Waals surface area contributed by atoms with Gasteiger partial charge < -0.3 is 10.2 Å². The molecule has 3 aromatic heterocycles. The third-order valence-electron chi connectivity index (χ3n) is 6.13. The van der Waals surface area contributed by atoms with E-state index < -0.39 is 17.6 Å². The SMILES string of the molecule is Cc1ccc(C(=O)Nc2cncc(C(F)(F)F)c2)cc1[C@@H]1CCN(c2cnc3[nH]ncc3c2)C1. The first-order valence-electron chi connectivity index (χ1n) is 10.8. The predicted octanol–water partition coefficient (Wildman–Crippen LogP) is 4.93. The van der Waals surface area contributed by atoms with E-state index in [0.717, 1.165) is 59.6 Å². The lowest BCUT2D eigenvalue weighted by Crippen LogP contribution is -2.19. The van der Waals surface area contributed by atoms with Crippen LogP contribution < -0.4 is 10.2 Å². The van der Waals surface area contributed by atoms with Crippen LogP contribution in [0.2, 0.25) is 0 Å². The number of aryl methyl sites for hydroxylation is 1. The molecule has 1 aromatic carbocycles. The number of amides is 1. The average Bonchev–Trinajstić information content (AvgIpc) is 3.48. The number of rotatable bonds is 4. The number of aromatic nitrogens is 4. The number of aromatic amines is 1. The Bertz CT molecular complexity index is 1370. The number of carbonyl (C=O) groups excluding carboxylic acids is 1. The summed E-state index contributed by atoms with van der Waals surface area (Å²) in [5.41, 5.74) is 3.34. The van der Waals surface area contributed by atoms with E-state index in [4.69, 9.17) is 0 Å². The Hall–Kier alpha value is -3.95. The summed E-state index contributed by atoms with van der Waals surface area (Å²) in [6.07, 6.45) is 1.87. The van der Waals surface area contributed by atoms with Crippen molar-refractivity contribution >= 4 is 28.3 Å². The standard InChI is InChI=1S/C24H21F3N6O/c1-14-2-3-15(23(34)31-19-8-18(10-28-11-19)24(25,26)27)7-21(14)16-4-5-33(13-16)20-6-17-9-30-32-22(17)29-12-20/h2-3,6-12,16H,4-5,13H2,1H3,(H,31,34)(H,29,30,32)/t16-/m1/s1. The lowest BCUT2D eigenvalue weighted by atomic mass is 9.92. The first-order chi connectivity index (χ1) is 16.3. The van der Waals surface area contributed by atoms with Crippen LogP contribution in [0.3, 0.4) is 0 Å². The highest BCUT2D eigenvalue weighted by Crippen LogP contribution is 2.34. The summed E-state index contributed by atoms with van der Waals surface area (Å²) in [6, 6.07) is 8.31. The zero-order valence-corrected chi connectivity index (χ0v) is 18.2. The molecule has 1 aliphatic rings. The molecule has 174 valence electrons. The van der Waals surface area contributed by atoms with Crippen molar-refractivity contribution in [1.29, 1.82) is 0 Å². The molecule has 0 spiro atoms. The highest BCUT2D eigenvalue weighted by Gasteiger charge is 2.31. The van der Waals surface area contributed by atoms with Gasteiger partial charge in [0.05, 0.1) is 35.5 Å². The minimum atomic E-state index is -4.53. The lowest BCUT2D eigenvalue weighted by molar-refractivity contribution is -0.137. The molecule has 5 rings (SSSR count). The van der Waals surface area contributed by atoms with E-state index in [0.29, 0.717) is 5.56 Å². The third-order valence-corrected chi connectivity index (χ3v) is 6.13. The molecule has 0 radical (unpaired) electrons. The average molecular weight is 466 g/mol. The molecule has 1 atom stereocenters. The minimum Gasteiger partial charge on any atom is -0.370 e. The number of hydrogen-bond acceptors (Lipinski definition) is 5. The Balaban J connectivity index is 1.33. The molecular weight excluding hydrogens is 445 g/mol. The van der Waals surface area contributed by atoms with Crippen molar-refractivity contribution in [2.45, 2.75) is 25.4 Å². The topological polar surface area (TPSA) is 86.8 Å². The second kappa shape index (κ2) is 8.44. The van der Waals surface area contributed by atoms with Gasteiger partial charge in [-0.2, -0.15) is 18.3 Å². The van der Waals surface area contributed by atoms with Crippen LogP contribution in [0.4, 0.5) is 24.5 Å². The fraction of sp³-hybridized carbons (Fsp3) is 0.250. The number of halogens is 3. The lowest BCUT2D eigenvalue weighted by Gasteiger charge is -2.19.